The number of nitrogens with zero attached hydrogens (tertiary/aromatic N) is 3. The lowest BCUT2D eigenvalue weighted by Gasteiger charge is -2.17. The van der Waals surface area contributed by atoms with Crippen LogP contribution in [0.3, 0.4) is 0 Å². The smallest absolute Gasteiger partial charge is 0.287 e. The van der Waals surface area contributed by atoms with Gasteiger partial charge in [-0.2, -0.15) is 0 Å². The van der Waals surface area contributed by atoms with Gasteiger partial charge in [-0.3, -0.25) is 19.8 Å². The highest BCUT2D eigenvalue weighted by molar-refractivity contribution is 7.18. The van der Waals surface area contributed by atoms with Crippen LogP contribution in [-0.2, 0) is 6.42 Å². The quantitative estimate of drug-likeness (QED) is 0.624. The van der Waals surface area contributed by atoms with Crippen molar-refractivity contribution >= 4 is 27.4 Å². The molecule has 0 fully saturated rings. The first-order valence-electron chi connectivity index (χ1n) is 6.86. The van der Waals surface area contributed by atoms with Gasteiger partial charge in [-0.25, -0.2) is 4.98 Å². The van der Waals surface area contributed by atoms with Crippen LogP contribution in [0.5, 0.6) is 0 Å². The van der Waals surface area contributed by atoms with Gasteiger partial charge in [0.05, 0.1) is 4.92 Å². The first-order chi connectivity index (χ1) is 10.4. The predicted molar refractivity (Wildman–Crippen MR) is 86.5 cm³/mol. The minimum absolute atomic E-state index is 0.0786. The van der Waals surface area contributed by atoms with E-state index >= 15 is 0 Å². The summed E-state index contributed by atoms with van der Waals surface area (Å²) in [5.74, 6) is 0.223. The van der Waals surface area contributed by atoms with Crippen molar-refractivity contribution < 1.29 is 9.72 Å². The van der Waals surface area contributed by atoms with Gasteiger partial charge in [0.15, 0.2) is 5.13 Å². The topological polar surface area (TPSA) is 76.3 Å². The van der Waals surface area contributed by atoms with Crippen molar-refractivity contribution in [2.75, 3.05) is 11.9 Å². The Labute approximate surface area is 132 Å². The van der Waals surface area contributed by atoms with Gasteiger partial charge in [-0.15, -0.1) is 0 Å². The van der Waals surface area contributed by atoms with E-state index < -0.39 is 4.92 Å². The Morgan fingerprint density at radius 2 is 2.09 bits per heavy atom. The van der Waals surface area contributed by atoms with Crippen molar-refractivity contribution in [1.29, 1.82) is 0 Å². The molecule has 0 spiro atoms. The molecule has 0 saturated carbocycles. The molecule has 0 N–H and O–H groups in total. The van der Waals surface area contributed by atoms with Gasteiger partial charge in [-0.05, 0) is 35.3 Å². The van der Waals surface area contributed by atoms with E-state index in [0.29, 0.717) is 16.6 Å². The zero-order valence-electron chi connectivity index (χ0n) is 12.6. The first kappa shape index (κ1) is 16.1. The summed E-state index contributed by atoms with van der Waals surface area (Å²) in [4.78, 5) is 28.2. The van der Waals surface area contributed by atoms with Crippen LogP contribution in [-0.4, -0.2) is 22.9 Å². The molecule has 0 aliphatic carbocycles. The minimum Gasteiger partial charge on any atom is -0.287 e. The highest BCUT2D eigenvalue weighted by Crippen LogP contribution is 2.29. The molecule has 116 valence electrons. The van der Waals surface area contributed by atoms with Crippen LogP contribution < -0.4 is 4.90 Å². The fourth-order valence-corrected chi connectivity index (χ4v) is 2.80. The van der Waals surface area contributed by atoms with Gasteiger partial charge < -0.3 is 0 Å². The Balaban J connectivity index is 2.28. The normalized spacial score (nSPS) is 10.7. The molecule has 2 aromatic rings. The predicted octanol–water partition coefficient (Wildman–Crippen LogP) is 3.53. The van der Waals surface area contributed by atoms with Crippen molar-refractivity contribution in [2.45, 2.75) is 20.3 Å². The van der Waals surface area contributed by atoms with Gasteiger partial charge >= 0.3 is 5.00 Å². The third-order valence-corrected chi connectivity index (χ3v) is 4.15. The summed E-state index contributed by atoms with van der Waals surface area (Å²) < 4.78 is 0. The zero-order chi connectivity index (χ0) is 16.3. The number of hydrogen-bond acceptors (Lipinski definition) is 5. The monoisotopic (exact) mass is 319 g/mol. The number of carbonyl (C=O) groups is 1. The van der Waals surface area contributed by atoms with Crippen LogP contribution in [0.1, 0.15) is 29.8 Å². The molecular weight excluding hydrogens is 302 g/mol. The lowest BCUT2D eigenvalue weighted by molar-refractivity contribution is -0.380. The number of nitro groups is 1. The molecule has 7 heteroatoms. The summed E-state index contributed by atoms with van der Waals surface area (Å²) in [6.07, 6.45) is 1.97. The van der Waals surface area contributed by atoms with Gasteiger partial charge in [-0.1, -0.05) is 32.0 Å². The van der Waals surface area contributed by atoms with Gasteiger partial charge in [0, 0.05) is 12.6 Å². The van der Waals surface area contributed by atoms with Crippen molar-refractivity contribution in [3.05, 3.63) is 51.7 Å². The van der Waals surface area contributed by atoms with Gasteiger partial charge in [0.1, 0.15) is 6.20 Å². The van der Waals surface area contributed by atoms with E-state index in [9.17, 15) is 14.9 Å². The highest BCUT2D eigenvalue weighted by atomic mass is 32.1. The summed E-state index contributed by atoms with van der Waals surface area (Å²) in [6, 6.07) is 7.43. The molecule has 0 bridgehead atoms. The molecule has 1 aromatic carbocycles. The Hall–Kier alpha value is -2.28. The van der Waals surface area contributed by atoms with Crippen LogP contribution in [0.15, 0.2) is 30.5 Å². The third-order valence-electron chi connectivity index (χ3n) is 3.13. The van der Waals surface area contributed by atoms with Gasteiger partial charge in [0.25, 0.3) is 5.91 Å². The second kappa shape index (κ2) is 6.65. The van der Waals surface area contributed by atoms with E-state index in [-0.39, 0.29) is 10.9 Å². The Bertz CT molecular complexity index is 697. The SMILES string of the molecule is CC(C)Cc1ccccc1C(=O)N(C)c1ncc([N+](=O)[O-])s1. The van der Waals surface area contributed by atoms with E-state index in [0.717, 1.165) is 23.3 Å². The maximum absolute atomic E-state index is 12.6. The molecule has 2 rings (SSSR count). The van der Waals surface area contributed by atoms with Crippen LogP contribution in [0, 0.1) is 16.0 Å². The molecule has 1 heterocycles. The molecule has 6 nitrogen and oxygen atoms in total. The number of aromatic nitrogens is 1. The van der Waals surface area contributed by atoms with Crippen molar-refractivity contribution in [1.82, 2.24) is 4.98 Å². The molecule has 0 saturated heterocycles. The van der Waals surface area contributed by atoms with E-state index in [1.54, 1.807) is 13.1 Å². The molecular formula is C15H17N3O3S. The number of benzene rings is 1. The summed E-state index contributed by atoms with van der Waals surface area (Å²) >= 11 is 0.887. The second-order valence-corrected chi connectivity index (χ2v) is 6.35. The summed E-state index contributed by atoms with van der Waals surface area (Å²) in [5, 5.41) is 11.0. The Morgan fingerprint density at radius 3 is 2.68 bits per heavy atom. The summed E-state index contributed by atoms with van der Waals surface area (Å²) in [7, 11) is 1.58. The van der Waals surface area contributed by atoms with E-state index in [1.807, 2.05) is 18.2 Å². The number of hydrogen-bond donors (Lipinski definition) is 0. The molecule has 0 unspecified atom stereocenters. The first-order valence-corrected chi connectivity index (χ1v) is 7.68. The Kier molecular flexibility index (Phi) is 4.87. The molecule has 22 heavy (non-hydrogen) atoms. The van der Waals surface area contributed by atoms with Crippen LogP contribution >= 0.6 is 11.3 Å². The molecule has 0 radical (unpaired) electrons. The molecule has 0 atom stereocenters. The van der Waals surface area contributed by atoms with Crippen LogP contribution in [0.2, 0.25) is 0 Å². The van der Waals surface area contributed by atoms with Crippen molar-refractivity contribution in [3.8, 4) is 0 Å². The van der Waals surface area contributed by atoms with E-state index in [4.69, 9.17) is 0 Å². The van der Waals surface area contributed by atoms with E-state index in [1.165, 1.54) is 11.1 Å². The minimum atomic E-state index is -0.508. The number of rotatable bonds is 5. The van der Waals surface area contributed by atoms with Gasteiger partial charge in [0.2, 0.25) is 0 Å². The number of thiazole rings is 1. The average molecular weight is 319 g/mol. The zero-order valence-corrected chi connectivity index (χ0v) is 13.5. The maximum Gasteiger partial charge on any atom is 0.345 e. The molecule has 0 aliphatic heterocycles. The molecule has 1 aromatic heterocycles. The average Bonchev–Trinajstić information content (AvgIpc) is 2.95. The largest absolute Gasteiger partial charge is 0.345 e. The number of carbonyl (C=O) groups excluding carboxylic acids is 1. The summed E-state index contributed by atoms with van der Waals surface area (Å²) in [6.45, 7) is 4.18. The third kappa shape index (κ3) is 3.48. The second-order valence-electron chi connectivity index (χ2n) is 5.36. The van der Waals surface area contributed by atoms with Crippen LogP contribution in [0.25, 0.3) is 0 Å². The number of anilines is 1. The lowest BCUT2D eigenvalue weighted by Crippen LogP contribution is -2.27. The number of amides is 1. The highest BCUT2D eigenvalue weighted by Gasteiger charge is 2.21. The lowest BCUT2D eigenvalue weighted by atomic mass is 9.97. The Morgan fingerprint density at radius 1 is 1.41 bits per heavy atom. The molecule has 0 aliphatic rings. The van der Waals surface area contributed by atoms with E-state index in [2.05, 4.69) is 18.8 Å². The maximum atomic E-state index is 12.6. The fourth-order valence-electron chi connectivity index (χ4n) is 2.11. The van der Waals surface area contributed by atoms with Crippen LogP contribution in [0.4, 0.5) is 10.1 Å². The van der Waals surface area contributed by atoms with Crippen molar-refractivity contribution in [3.63, 3.8) is 0 Å². The van der Waals surface area contributed by atoms with Crippen molar-refractivity contribution in [2.24, 2.45) is 5.92 Å². The standard InChI is InChI=1S/C15H17N3O3S/c1-10(2)8-11-6-4-5-7-12(11)14(19)17(3)15-16-9-13(22-15)18(20)21/h4-7,9-10H,8H2,1-3H3. The summed E-state index contributed by atoms with van der Waals surface area (Å²) in [5.41, 5.74) is 1.58. The fraction of sp³-hybridized carbons (Fsp3) is 0.333. The molecule has 1 amide bonds.